The second kappa shape index (κ2) is 5.67. The van der Waals surface area contributed by atoms with Gasteiger partial charge in [-0.3, -0.25) is 4.55 Å². The zero-order valence-electron chi connectivity index (χ0n) is 9.06. The summed E-state index contributed by atoms with van der Waals surface area (Å²) in [5, 5.41) is 0. The molecule has 0 aliphatic carbocycles. The summed E-state index contributed by atoms with van der Waals surface area (Å²) < 4.78 is 31.1. The number of aromatic nitrogens is 1. The van der Waals surface area contributed by atoms with E-state index in [0.717, 1.165) is 12.0 Å². The first-order chi connectivity index (χ1) is 6.01. The largest absolute Gasteiger partial charge is 1.00 e. The molecule has 0 aliphatic heterocycles. The summed E-state index contributed by atoms with van der Waals surface area (Å²) in [5.74, 6) is 0.127. The van der Waals surface area contributed by atoms with E-state index in [-0.39, 0.29) is 36.8 Å². The summed E-state index contributed by atoms with van der Waals surface area (Å²) in [6, 6.07) is 3.34. The molecule has 1 aromatic heterocycles. The van der Waals surface area contributed by atoms with Crippen LogP contribution in [0.1, 0.15) is 13.9 Å². The van der Waals surface area contributed by atoms with Crippen molar-refractivity contribution in [2.45, 2.75) is 13.3 Å². The molecule has 74 valence electrons. The Hall–Kier alpha value is -0.140. The van der Waals surface area contributed by atoms with Crippen LogP contribution in [-0.4, -0.2) is 18.0 Å². The van der Waals surface area contributed by atoms with Crippen molar-refractivity contribution in [3.8, 4) is 0 Å². The number of nitrogens with zero attached hydrogens (tertiary/aromatic N) is 1. The SMILES string of the molecule is CCc1ccnc(NS(=O)(=O)O)c1.[H-].[Na+]. The first-order valence-electron chi connectivity index (χ1n) is 3.71. The van der Waals surface area contributed by atoms with Gasteiger partial charge < -0.3 is 1.43 Å². The average Bonchev–Trinajstić information content (AvgIpc) is 2.01. The normalized spacial score (nSPS) is 10.4. The predicted octanol–water partition coefficient (Wildman–Crippen LogP) is -2.02. The molecule has 0 saturated carbocycles. The van der Waals surface area contributed by atoms with Gasteiger partial charge in [0.05, 0.1) is 0 Å². The fraction of sp³-hybridized carbons (Fsp3) is 0.286. The van der Waals surface area contributed by atoms with Crippen molar-refractivity contribution in [1.82, 2.24) is 4.98 Å². The van der Waals surface area contributed by atoms with Gasteiger partial charge in [0, 0.05) is 6.20 Å². The predicted molar refractivity (Wildman–Crippen MR) is 49.9 cm³/mol. The molecule has 0 unspecified atom stereocenters. The Morgan fingerprint density at radius 2 is 2.29 bits per heavy atom. The molecule has 0 fully saturated rings. The zero-order valence-corrected chi connectivity index (χ0v) is 10.9. The van der Waals surface area contributed by atoms with Gasteiger partial charge in [0.1, 0.15) is 5.82 Å². The Balaban J connectivity index is 0. The van der Waals surface area contributed by atoms with Crippen molar-refractivity contribution >= 4 is 16.1 Å². The van der Waals surface area contributed by atoms with E-state index in [2.05, 4.69) is 4.98 Å². The number of nitrogens with one attached hydrogen (secondary N) is 1. The number of rotatable bonds is 3. The van der Waals surface area contributed by atoms with E-state index >= 15 is 0 Å². The minimum absolute atomic E-state index is 0. The van der Waals surface area contributed by atoms with Crippen LogP contribution in [0, 0.1) is 0 Å². The maximum Gasteiger partial charge on any atom is 1.00 e. The molecule has 2 N–H and O–H groups in total. The number of aryl methyl sites for hydroxylation is 1. The third kappa shape index (κ3) is 4.92. The molecule has 0 bridgehead atoms. The summed E-state index contributed by atoms with van der Waals surface area (Å²) in [7, 11) is -4.21. The molecular weight excluding hydrogens is 215 g/mol. The van der Waals surface area contributed by atoms with Gasteiger partial charge in [-0.2, -0.15) is 8.42 Å². The summed E-state index contributed by atoms with van der Waals surface area (Å²) in [4.78, 5) is 3.72. The van der Waals surface area contributed by atoms with E-state index in [9.17, 15) is 8.42 Å². The summed E-state index contributed by atoms with van der Waals surface area (Å²) in [6.45, 7) is 1.94. The van der Waals surface area contributed by atoms with E-state index in [0.29, 0.717) is 0 Å². The molecule has 5 nitrogen and oxygen atoms in total. The van der Waals surface area contributed by atoms with E-state index in [4.69, 9.17) is 4.55 Å². The smallest absolute Gasteiger partial charge is 1.00 e. The van der Waals surface area contributed by atoms with Crippen LogP contribution in [0.25, 0.3) is 0 Å². The summed E-state index contributed by atoms with van der Waals surface area (Å²) in [5.41, 5.74) is 0.946. The van der Waals surface area contributed by atoms with Crippen molar-refractivity contribution in [3.63, 3.8) is 0 Å². The van der Waals surface area contributed by atoms with Crippen LogP contribution in [0.5, 0.6) is 0 Å². The number of hydrogen-bond acceptors (Lipinski definition) is 3. The molecule has 14 heavy (non-hydrogen) atoms. The van der Waals surface area contributed by atoms with E-state index in [1.165, 1.54) is 6.20 Å². The molecule has 0 radical (unpaired) electrons. The Kier molecular flexibility index (Phi) is 5.61. The molecule has 0 aromatic carbocycles. The quantitative estimate of drug-likeness (QED) is 0.460. The van der Waals surface area contributed by atoms with Gasteiger partial charge in [-0.05, 0) is 24.1 Å². The first kappa shape index (κ1) is 13.9. The van der Waals surface area contributed by atoms with Crippen LogP contribution in [0.4, 0.5) is 5.82 Å². The zero-order chi connectivity index (χ0) is 9.90. The molecule has 7 heteroatoms. The molecule has 1 aromatic rings. The topological polar surface area (TPSA) is 79.3 Å². The van der Waals surface area contributed by atoms with Gasteiger partial charge in [-0.25, -0.2) is 9.71 Å². The van der Waals surface area contributed by atoms with Crippen molar-refractivity contribution < 1.29 is 44.0 Å². The fourth-order valence-corrected chi connectivity index (χ4v) is 1.26. The summed E-state index contributed by atoms with van der Waals surface area (Å²) in [6.07, 6.45) is 2.26. The Morgan fingerprint density at radius 3 is 2.79 bits per heavy atom. The van der Waals surface area contributed by atoms with Gasteiger partial charge in [0.2, 0.25) is 0 Å². The van der Waals surface area contributed by atoms with E-state index in [1.54, 1.807) is 12.1 Å². The molecule has 1 heterocycles. The third-order valence-corrected chi connectivity index (χ3v) is 1.93. The molecular formula is C7H11N2NaO3S. The van der Waals surface area contributed by atoms with Gasteiger partial charge in [0.25, 0.3) is 0 Å². The minimum Gasteiger partial charge on any atom is -1.00 e. The van der Waals surface area contributed by atoms with E-state index in [1.807, 2.05) is 11.6 Å². The number of hydrogen-bond donors (Lipinski definition) is 2. The van der Waals surface area contributed by atoms with Crippen LogP contribution >= 0.6 is 0 Å². The van der Waals surface area contributed by atoms with Gasteiger partial charge in [-0.1, -0.05) is 6.92 Å². The monoisotopic (exact) mass is 226 g/mol. The van der Waals surface area contributed by atoms with E-state index < -0.39 is 10.3 Å². The second-order valence-electron chi connectivity index (χ2n) is 2.48. The van der Waals surface area contributed by atoms with Crippen LogP contribution in [0.15, 0.2) is 18.3 Å². The maximum absolute atomic E-state index is 10.4. The van der Waals surface area contributed by atoms with Crippen LogP contribution in [0.2, 0.25) is 0 Å². The van der Waals surface area contributed by atoms with Crippen molar-refractivity contribution in [1.29, 1.82) is 0 Å². The number of anilines is 1. The Morgan fingerprint density at radius 1 is 1.64 bits per heavy atom. The minimum atomic E-state index is -4.21. The van der Waals surface area contributed by atoms with Crippen LogP contribution in [0.3, 0.4) is 0 Å². The third-order valence-electron chi connectivity index (χ3n) is 1.47. The van der Waals surface area contributed by atoms with Crippen LogP contribution in [-0.2, 0) is 16.7 Å². The van der Waals surface area contributed by atoms with Crippen LogP contribution < -0.4 is 34.3 Å². The van der Waals surface area contributed by atoms with Crippen molar-refractivity contribution in [3.05, 3.63) is 23.9 Å². The van der Waals surface area contributed by atoms with Crippen molar-refractivity contribution in [2.75, 3.05) is 4.72 Å². The summed E-state index contributed by atoms with van der Waals surface area (Å²) >= 11 is 0. The molecule has 0 spiro atoms. The van der Waals surface area contributed by atoms with Gasteiger partial charge >= 0.3 is 39.9 Å². The Labute approximate surface area is 107 Å². The molecule has 0 atom stereocenters. The average molecular weight is 226 g/mol. The first-order valence-corrected chi connectivity index (χ1v) is 5.15. The molecule has 0 amide bonds. The standard InChI is InChI=1S/C7H10N2O3S.Na.H/c1-2-6-3-4-8-7(5-6)9-13(10,11)12;;/h3-5H,2H2,1H3,(H,8,9)(H,10,11,12);;/q;+1;-1. The Bertz CT molecular complexity index is 399. The van der Waals surface area contributed by atoms with Gasteiger partial charge in [-0.15, -0.1) is 0 Å². The molecule has 1 rings (SSSR count). The van der Waals surface area contributed by atoms with Crippen molar-refractivity contribution in [2.24, 2.45) is 0 Å². The maximum atomic E-state index is 10.4. The second-order valence-corrected chi connectivity index (χ2v) is 3.63. The fourth-order valence-electron chi connectivity index (χ4n) is 0.882. The molecule has 0 aliphatic rings. The molecule has 0 saturated heterocycles. The van der Waals surface area contributed by atoms with Gasteiger partial charge in [0.15, 0.2) is 0 Å². The number of pyridine rings is 1.